The lowest BCUT2D eigenvalue weighted by molar-refractivity contribution is -0.0555. The van der Waals surface area contributed by atoms with Crippen molar-refractivity contribution in [1.82, 2.24) is 15.0 Å². The molecule has 0 bridgehead atoms. The normalized spacial score (nSPS) is 23.4. The summed E-state index contributed by atoms with van der Waals surface area (Å²) in [7, 11) is 0. The highest BCUT2D eigenvalue weighted by atomic mass is 19.1. The molecule has 2 heterocycles. The van der Waals surface area contributed by atoms with Gasteiger partial charge in [-0.3, -0.25) is 4.90 Å². The van der Waals surface area contributed by atoms with Crippen molar-refractivity contribution in [1.29, 1.82) is 0 Å². The molecule has 1 aromatic carbocycles. The summed E-state index contributed by atoms with van der Waals surface area (Å²) in [5.74, 6) is 0.771. The van der Waals surface area contributed by atoms with Gasteiger partial charge in [-0.25, -0.2) is 4.39 Å². The Labute approximate surface area is 122 Å². The van der Waals surface area contributed by atoms with Crippen molar-refractivity contribution < 1.29 is 13.7 Å². The fourth-order valence-corrected chi connectivity index (χ4v) is 2.40. The van der Waals surface area contributed by atoms with E-state index in [4.69, 9.17) is 9.26 Å². The van der Waals surface area contributed by atoms with Crippen LogP contribution in [0.1, 0.15) is 19.7 Å². The number of halogens is 1. The summed E-state index contributed by atoms with van der Waals surface area (Å²) in [5, 5.41) is 3.96. The maximum Gasteiger partial charge on any atom is 0.241 e. The van der Waals surface area contributed by atoms with Crippen molar-refractivity contribution in [2.24, 2.45) is 0 Å². The van der Waals surface area contributed by atoms with Crippen molar-refractivity contribution in [2.45, 2.75) is 32.5 Å². The number of nitrogens with zero attached hydrogens (tertiary/aromatic N) is 3. The molecule has 0 amide bonds. The van der Waals surface area contributed by atoms with E-state index in [0.717, 1.165) is 12.1 Å². The lowest BCUT2D eigenvalue weighted by Gasteiger charge is -2.35. The Hall–Kier alpha value is -1.79. The Bertz CT molecular complexity index is 599. The first kappa shape index (κ1) is 14.2. The van der Waals surface area contributed by atoms with E-state index < -0.39 is 0 Å². The lowest BCUT2D eigenvalue weighted by atomic mass is 10.2. The van der Waals surface area contributed by atoms with Gasteiger partial charge in [0.15, 0.2) is 0 Å². The van der Waals surface area contributed by atoms with Crippen LogP contribution in [0.25, 0.3) is 11.4 Å². The van der Waals surface area contributed by atoms with Gasteiger partial charge in [0.05, 0.1) is 19.3 Å². The second kappa shape index (κ2) is 5.91. The van der Waals surface area contributed by atoms with Gasteiger partial charge in [0.25, 0.3) is 0 Å². The van der Waals surface area contributed by atoms with E-state index >= 15 is 0 Å². The van der Waals surface area contributed by atoms with Crippen LogP contribution in [0.2, 0.25) is 0 Å². The highest BCUT2D eigenvalue weighted by molar-refractivity contribution is 5.53. The zero-order chi connectivity index (χ0) is 14.8. The van der Waals surface area contributed by atoms with Crippen LogP contribution >= 0.6 is 0 Å². The molecule has 1 fully saturated rings. The monoisotopic (exact) mass is 291 g/mol. The molecule has 0 aliphatic carbocycles. The van der Waals surface area contributed by atoms with Crippen LogP contribution in [0, 0.1) is 5.82 Å². The third kappa shape index (κ3) is 3.28. The fraction of sp³-hybridized carbons (Fsp3) is 0.467. The van der Waals surface area contributed by atoms with Gasteiger partial charge in [-0.1, -0.05) is 5.16 Å². The number of hydrogen-bond donors (Lipinski definition) is 0. The molecule has 1 aromatic heterocycles. The minimum absolute atomic E-state index is 0.209. The van der Waals surface area contributed by atoms with Crippen molar-refractivity contribution in [3.63, 3.8) is 0 Å². The molecule has 0 spiro atoms. The Kier molecular flexibility index (Phi) is 3.98. The Morgan fingerprint density at radius 2 is 2.05 bits per heavy atom. The first-order valence-electron chi connectivity index (χ1n) is 7.06. The molecule has 21 heavy (non-hydrogen) atoms. The molecule has 2 atom stereocenters. The molecular formula is C15H18FN3O2. The van der Waals surface area contributed by atoms with E-state index in [-0.39, 0.29) is 11.9 Å². The topological polar surface area (TPSA) is 51.4 Å². The number of hydrogen-bond acceptors (Lipinski definition) is 5. The summed E-state index contributed by atoms with van der Waals surface area (Å²) >= 11 is 0. The van der Waals surface area contributed by atoms with Gasteiger partial charge in [-0.2, -0.15) is 4.98 Å². The molecule has 0 saturated carbocycles. The quantitative estimate of drug-likeness (QED) is 0.869. The maximum atomic E-state index is 12.9. The van der Waals surface area contributed by atoms with Gasteiger partial charge in [0.2, 0.25) is 11.7 Å². The summed E-state index contributed by atoms with van der Waals surface area (Å²) in [6.45, 7) is 6.32. The summed E-state index contributed by atoms with van der Waals surface area (Å²) in [6.07, 6.45) is 0.209. The second-order valence-corrected chi connectivity index (χ2v) is 5.44. The van der Waals surface area contributed by atoms with Crippen LogP contribution in [0.15, 0.2) is 28.8 Å². The Balaban J connectivity index is 1.71. The van der Waals surface area contributed by atoms with Gasteiger partial charge in [0, 0.05) is 18.2 Å². The SMILES string of the molecule is CC1CN(Cc2nc(-c3ccc(F)cc3)no2)C(C)CO1. The van der Waals surface area contributed by atoms with Crippen LogP contribution in [-0.4, -0.2) is 40.3 Å². The van der Waals surface area contributed by atoms with Crippen LogP contribution < -0.4 is 0 Å². The van der Waals surface area contributed by atoms with Gasteiger partial charge in [-0.15, -0.1) is 0 Å². The van der Waals surface area contributed by atoms with E-state index in [0.29, 0.717) is 30.9 Å². The van der Waals surface area contributed by atoms with Crippen LogP contribution in [0.4, 0.5) is 4.39 Å². The number of benzene rings is 1. The summed E-state index contributed by atoms with van der Waals surface area (Å²) in [6, 6.07) is 6.38. The predicted molar refractivity (Wildman–Crippen MR) is 75.0 cm³/mol. The largest absolute Gasteiger partial charge is 0.376 e. The van der Waals surface area contributed by atoms with Crippen molar-refractivity contribution >= 4 is 0 Å². The summed E-state index contributed by atoms with van der Waals surface area (Å²) in [4.78, 5) is 6.64. The van der Waals surface area contributed by atoms with E-state index in [1.54, 1.807) is 12.1 Å². The third-order valence-electron chi connectivity index (χ3n) is 3.65. The average molecular weight is 291 g/mol. The first-order valence-corrected chi connectivity index (χ1v) is 7.06. The molecule has 6 heteroatoms. The van der Waals surface area contributed by atoms with E-state index in [2.05, 4.69) is 28.9 Å². The van der Waals surface area contributed by atoms with Crippen LogP contribution in [0.3, 0.4) is 0 Å². The highest BCUT2D eigenvalue weighted by Crippen LogP contribution is 2.19. The molecule has 3 rings (SSSR count). The predicted octanol–water partition coefficient (Wildman–Crippen LogP) is 2.48. The van der Waals surface area contributed by atoms with E-state index in [1.807, 2.05) is 0 Å². The molecule has 1 aliphatic rings. The van der Waals surface area contributed by atoms with Gasteiger partial charge < -0.3 is 9.26 Å². The van der Waals surface area contributed by atoms with Crippen LogP contribution in [0.5, 0.6) is 0 Å². The lowest BCUT2D eigenvalue weighted by Crippen LogP contribution is -2.46. The van der Waals surface area contributed by atoms with Crippen molar-refractivity contribution in [3.8, 4) is 11.4 Å². The molecule has 2 aromatic rings. The number of ether oxygens (including phenoxy) is 1. The van der Waals surface area contributed by atoms with Gasteiger partial charge >= 0.3 is 0 Å². The molecule has 0 radical (unpaired) electrons. The molecule has 1 aliphatic heterocycles. The van der Waals surface area contributed by atoms with Gasteiger partial charge in [0.1, 0.15) is 5.82 Å². The smallest absolute Gasteiger partial charge is 0.241 e. The number of aromatic nitrogens is 2. The van der Waals surface area contributed by atoms with Crippen LogP contribution in [-0.2, 0) is 11.3 Å². The molecular weight excluding hydrogens is 273 g/mol. The van der Waals surface area contributed by atoms with E-state index in [9.17, 15) is 4.39 Å². The zero-order valence-corrected chi connectivity index (χ0v) is 12.1. The maximum absolute atomic E-state index is 12.9. The molecule has 1 saturated heterocycles. The minimum Gasteiger partial charge on any atom is -0.376 e. The first-order chi connectivity index (χ1) is 10.1. The van der Waals surface area contributed by atoms with Crippen molar-refractivity contribution in [3.05, 3.63) is 36.0 Å². The van der Waals surface area contributed by atoms with E-state index in [1.165, 1.54) is 12.1 Å². The number of morpholine rings is 1. The van der Waals surface area contributed by atoms with Gasteiger partial charge in [-0.05, 0) is 38.1 Å². The molecule has 2 unspecified atom stereocenters. The van der Waals surface area contributed by atoms with Crippen molar-refractivity contribution in [2.75, 3.05) is 13.2 Å². The molecule has 112 valence electrons. The average Bonchev–Trinajstić information content (AvgIpc) is 2.92. The Morgan fingerprint density at radius 3 is 2.81 bits per heavy atom. The molecule has 5 nitrogen and oxygen atoms in total. The minimum atomic E-state index is -0.279. The third-order valence-corrected chi connectivity index (χ3v) is 3.65. The number of rotatable bonds is 3. The standard InChI is InChI=1S/C15H18FN3O2/c1-10-9-20-11(2)7-19(10)8-14-17-15(18-21-14)12-3-5-13(16)6-4-12/h3-6,10-11H,7-9H2,1-2H3. The Morgan fingerprint density at radius 1 is 1.29 bits per heavy atom. The fourth-order valence-electron chi connectivity index (χ4n) is 2.40. The molecule has 0 N–H and O–H groups in total. The highest BCUT2D eigenvalue weighted by Gasteiger charge is 2.25. The zero-order valence-electron chi connectivity index (χ0n) is 12.1. The summed E-state index contributed by atoms with van der Waals surface area (Å²) < 4.78 is 23.8. The summed E-state index contributed by atoms with van der Waals surface area (Å²) in [5.41, 5.74) is 0.745. The second-order valence-electron chi connectivity index (χ2n) is 5.44.